The summed E-state index contributed by atoms with van der Waals surface area (Å²) in [5.74, 6) is 0. The van der Waals surface area contributed by atoms with Crippen molar-refractivity contribution in [3.63, 3.8) is 0 Å². The largest absolute Gasteiger partial charge is 0.391 e. The third-order valence-electron chi connectivity index (χ3n) is 2.24. The van der Waals surface area contributed by atoms with Crippen LogP contribution in [-0.4, -0.2) is 28.7 Å². The molecule has 1 aliphatic carbocycles. The van der Waals surface area contributed by atoms with Crippen molar-refractivity contribution in [2.75, 3.05) is 6.61 Å². The van der Waals surface area contributed by atoms with Gasteiger partial charge in [0.15, 0.2) is 6.29 Å². The lowest BCUT2D eigenvalue weighted by molar-refractivity contribution is -0.192. The van der Waals surface area contributed by atoms with Crippen LogP contribution in [-0.2, 0) is 4.74 Å². The van der Waals surface area contributed by atoms with Crippen LogP contribution < -0.4 is 0 Å². The lowest BCUT2D eigenvalue weighted by atomic mass is 10.1. The monoisotopic (exact) mass is 160 g/mol. The Labute approximate surface area is 67.0 Å². The standard InChI is InChI=1S/C8H16O3/c1-8(4-2-3-5-8)11-7(10)6-9/h7,9-10H,2-6H2,1H3. The van der Waals surface area contributed by atoms with E-state index in [9.17, 15) is 0 Å². The Kier molecular flexibility index (Phi) is 2.87. The van der Waals surface area contributed by atoms with Gasteiger partial charge in [0.25, 0.3) is 0 Å². The molecule has 0 aromatic heterocycles. The fraction of sp³-hybridized carbons (Fsp3) is 1.00. The summed E-state index contributed by atoms with van der Waals surface area (Å²) >= 11 is 0. The maximum Gasteiger partial charge on any atom is 0.178 e. The van der Waals surface area contributed by atoms with Crippen LogP contribution in [0.5, 0.6) is 0 Å². The first-order chi connectivity index (χ1) is 5.16. The topological polar surface area (TPSA) is 49.7 Å². The molecule has 1 unspecified atom stereocenters. The fourth-order valence-corrected chi connectivity index (χ4v) is 1.61. The highest BCUT2D eigenvalue weighted by Crippen LogP contribution is 2.33. The molecule has 0 heterocycles. The summed E-state index contributed by atoms with van der Waals surface area (Å²) in [4.78, 5) is 0. The molecule has 1 saturated carbocycles. The summed E-state index contributed by atoms with van der Waals surface area (Å²) in [5, 5.41) is 17.5. The summed E-state index contributed by atoms with van der Waals surface area (Å²) in [5.41, 5.74) is -0.192. The van der Waals surface area contributed by atoms with E-state index in [4.69, 9.17) is 14.9 Å². The van der Waals surface area contributed by atoms with E-state index in [2.05, 4.69) is 0 Å². The lowest BCUT2D eigenvalue weighted by Gasteiger charge is -2.26. The highest BCUT2D eigenvalue weighted by molar-refractivity contribution is 4.81. The van der Waals surface area contributed by atoms with Gasteiger partial charge in [-0.15, -0.1) is 0 Å². The molecule has 3 nitrogen and oxygen atoms in total. The zero-order valence-electron chi connectivity index (χ0n) is 6.92. The average molecular weight is 160 g/mol. The highest BCUT2D eigenvalue weighted by atomic mass is 16.6. The quantitative estimate of drug-likeness (QED) is 0.596. The number of rotatable bonds is 3. The van der Waals surface area contributed by atoms with Crippen LogP contribution in [0.15, 0.2) is 0 Å². The predicted octanol–water partition coefficient (Wildman–Crippen LogP) is 0.646. The van der Waals surface area contributed by atoms with E-state index in [1.165, 1.54) is 0 Å². The number of aliphatic hydroxyl groups excluding tert-OH is 2. The van der Waals surface area contributed by atoms with Gasteiger partial charge in [0.05, 0.1) is 12.2 Å². The summed E-state index contributed by atoms with van der Waals surface area (Å²) in [7, 11) is 0. The van der Waals surface area contributed by atoms with Gasteiger partial charge in [0.2, 0.25) is 0 Å². The van der Waals surface area contributed by atoms with Crippen LogP contribution in [0.25, 0.3) is 0 Å². The van der Waals surface area contributed by atoms with Gasteiger partial charge >= 0.3 is 0 Å². The van der Waals surface area contributed by atoms with Crippen LogP contribution in [0.4, 0.5) is 0 Å². The Bertz CT molecular complexity index is 119. The molecule has 1 aliphatic rings. The number of hydrogen-bond acceptors (Lipinski definition) is 3. The van der Waals surface area contributed by atoms with Gasteiger partial charge in [-0.05, 0) is 19.8 Å². The number of ether oxygens (including phenoxy) is 1. The molecule has 2 N–H and O–H groups in total. The summed E-state index contributed by atoms with van der Waals surface area (Å²) in [6.45, 7) is 1.68. The van der Waals surface area contributed by atoms with E-state index >= 15 is 0 Å². The minimum Gasteiger partial charge on any atom is -0.391 e. The molecule has 0 aromatic carbocycles. The number of aliphatic hydroxyl groups is 2. The molecule has 0 bridgehead atoms. The molecule has 1 rings (SSSR count). The lowest BCUT2D eigenvalue weighted by Crippen LogP contribution is -2.32. The molecule has 11 heavy (non-hydrogen) atoms. The van der Waals surface area contributed by atoms with Gasteiger partial charge < -0.3 is 14.9 Å². The van der Waals surface area contributed by atoms with E-state index < -0.39 is 6.29 Å². The van der Waals surface area contributed by atoms with E-state index in [1.54, 1.807) is 0 Å². The Morgan fingerprint density at radius 2 is 2.00 bits per heavy atom. The molecular weight excluding hydrogens is 144 g/mol. The molecule has 0 aromatic rings. The third kappa shape index (κ3) is 2.43. The van der Waals surface area contributed by atoms with Gasteiger partial charge in [-0.2, -0.15) is 0 Å². The molecule has 0 radical (unpaired) electrons. The van der Waals surface area contributed by atoms with Crippen molar-refractivity contribution in [1.29, 1.82) is 0 Å². The molecule has 3 heteroatoms. The predicted molar refractivity (Wildman–Crippen MR) is 41.1 cm³/mol. The molecule has 1 atom stereocenters. The van der Waals surface area contributed by atoms with Gasteiger partial charge in [0.1, 0.15) is 0 Å². The normalized spacial score (nSPS) is 25.4. The number of hydrogen-bond donors (Lipinski definition) is 2. The third-order valence-corrected chi connectivity index (χ3v) is 2.24. The zero-order chi connectivity index (χ0) is 8.32. The van der Waals surface area contributed by atoms with E-state index in [-0.39, 0.29) is 12.2 Å². The maximum absolute atomic E-state index is 9.01. The van der Waals surface area contributed by atoms with Crippen molar-refractivity contribution in [2.24, 2.45) is 0 Å². The molecule has 0 saturated heterocycles. The van der Waals surface area contributed by atoms with Crippen LogP contribution >= 0.6 is 0 Å². The highest BCUT2D eigenvalue weighted by Gasteiger charge is 2.31. The second kappa shape index (κ2) is 3.52. The van der Waals surface area contributed by atoms with Crippen LogP contribution in [0.3, 0.4) is 0 Å². The Morgan fingerprint density at radius 3 is 2.45 bits per heavy atom. The van der Waals surface area contributed by atoms with Gasteiger partial charge in [-0.1, -0.05) is 12.8 Å². The molecular formula is C8H16O3. The summed E-state index contributed by atoms with van der Waals surface area (Å²) < 4.78 is 5.25. The Morgan fingerprint density at radius 1 is 1.45 bits per heavy atom. The minimum atomic E-state index is -1.00. The van der Waals surface area contributed by atoms with E-state index in [1.807, 2.05) is 6.92 Å². The summed E-state index contributed by atoms with van der Waals surface area (Å²) in [6, 6.07) is 0. The van der Waals surface area contributed by atoms with Gasteiger partial charge in [-0.25, -0.2) is 0 Å². The van der Waals surface area contributed by atoms with Gasteiger partial charge in [-0.3, -0.25) is 0 Å². The molecule has 0 amide bonds. The molecule has 0 spiro atoms. The Hall–Kier alpha value is -0.120. The van der Waals surface area contributed by atoms with Crippen molar-refractivity contribution in [2.45, 2.75) is 44.5 Å². The van der Waals surface area contributed by atoms with Crippen LogP contribution in [0, 0.1) is 0 Å². The van der Waals surface area contributed by atoms with Crippen LogP contribution in [0.1, 0.15) is 32.6 Å². The molecule has 0 aliphatic heterocycles. The Balaban J connectivity index is 2.33. The second-order valence-electron chi connectivity index (χ2n) is 3.41. The first-order valence-electron chi connectivity index (χ1n) is 4.13. The first-order valence-corrected chi connectivity index (χ1v) is 4.13. The maximum atomic E-state index is 9.01. The van der Waals surface area contributed by atoms with E-state index in [0.29, 0.717) is 0 Å². The van der Waals surface area contributed by atoms with Crippen molar-refractivity contribution >= 4 is 0 Å². The first kappa shape index (κ1) is 8.97. The fourth-order valence-electron chi connectivity index (χ4n) is 1.61. The van der Waals surface area contributed by atoms with Crippen molar-refractivity contribution < 1.29 is 14.9 Å². The zero-order valence-corrected chi connectivity index (χ0v) is 6.92. The molecule has 1 fully saturated rings. The van der Waals surface area contributed by atoms with Crippen molar-refractivity contribution in [3.05, 3.63) is 0 Å². The SMILES string of the molecule is CC1(OC(O)CO)CCCC1. The molecule has 66 valence electrons. The second-order valence-corrected chi connectivity index (χ2v) is 3.41. The van der Waals surface area contributed by atoms with Gasteiger partial charge in [0, 0.05) is 0 Å². The minimum absolute atomic E-state index is 0.192. The summed E-state index contributed by atoms with van der Waals surface area (Å²) in [6.07, 6.45) is 3.30. The van der Waals surface area contributed by atoms with Crippen LogP contribution in [0.2, 0.25) is 0 Å². The average Bonchev–Trinajstić information content (AvgIpc) is 2.36. The smallest absolute Gasteiger partial charge is 0.178 e. The van der Waals surface area contributed by atoms with E-state index in [0.717, 1.165) is 25.7 Å². The van der Waals surface area contributed by atoms with Crippen molar-refractivity contribution in [1.82, 2.24) is 0 Å². The van der Waals surface area contributed by atoms with Crippen molar-refractivity contribution in [3.8, 4) is 0 Å².